The van der Waals surface area contributed by atoms with Crippen LogP contribution in [0.25, 0.3) is 11.4 Å². The SMILES string of the molecule is CCCCOc1ccc(-c2nnc(SCC(=O)Nc3cc(C)cc(C)c3)n2C)cc1. The molecule has 1 amide bonds. The van der Waals surface area contributed by atoms with Crippen molar-refractivity contribution in [3.63, 3.8) is 0 Å². The predicted octanol–water partition coefficient (Wildman–Crippen LogP) is 5.01. The maximum atomic E-state index is 12.3. The van der Waals surface area contributed by atoms with Crippen LogP contribution in [0.5, 0.6) is 5.75 Å². The van der Waals surface area contributed by atoms with E-state index < -0.39 is 0 Å². The van der Waals surface area contributed by atoms with Crippen LogP contribution in [0.1, 0.15) is 30.9 Å². The molecule has 7 heteroatoms. The number of carbonyl (C=O) groups excluding carboxylic acids is 1. The maximum Gasteiger partial charge on any atom is 0.234 e. The Bertz CT molecular complexity index is 979. The summed E-state index contributed by atoms with van der Waals surface area (Å²) in [5, 5.41) is 12.2. The van der Waals surface area contributed by atoms with Crippen molar-refractivity contribution in [2.75, 3.05) is 17.7 Å². The van der Waals surface area contributed by atoms with Gasteiger partial charge in [0.1, 0.15) is 5.75 Å². The van der Waals surface area contributed by atoms with Crippen LogP contribution in [0.2, 0.25) is 0 Å². The number of aryl methyl sites for hydroxylation is 2. The van der Waals surface area contributed by atoms with Crippen LogP contribution in [0.3, 0.4) is 0 Å². The highest BCUT2D eigenvalue weighted by molar-refractivity contribution is 7.99. The number of nitrogens with zero attached hydrogens (tertiary/aromatic N) is 3. The zero-order valence-electron chi connectivity index (χ0n) is 17.9. The largest absolute Gasteiger partial charge is 0.494 e. The molecule has 158 valence electrons. The van der Waals surface area contributed by atoms with Crippen molar-refractivity contribution in [1.29, 1.82) is 0 Å². The molecule has 1 aromatic heterocycles. The summed E-state index contributed by atoms with van der Waals surface area (Å²) in [5.41, 5.74) is 4.02. The molecule has 1 N–H and O–H groups in total. The number of unbranched alkanes of at least 4 members (excludes halogenated alkanes) is 1. The highest BCUT2D eigenvalue weighted by atomic mass is 32.2. The second-order valence-corrected chi connectivity index (χ2v) is 8.25. The standard InChI is InChI=1S/C23H28N4O2S/c1-5-6-11-29-20-9-7-18(8-10-20)22-25-26-23(27(22)4)30-15-21(28)24-19-13-16(2)12-17(3)14-19/h7-10,12-14H,5-6,11,15H2,1-4H3,(H,24,28). The number of carbonyl (C=O) groups is 1. The van der Waals surface area contributed by atoms with Crippen molar-refractivity contribution in [3.8, 4) is 17.1 Å². The van der Waals surface area contributed by atoms with Gasteiger partial charge in [0.2, 0.25) is 5.91 Å². The molecule has 0 saturated heterocycles. The number of nitrogens with one attached hydrogen (secondary N) is 1. The van der Waals surface area contributed by atoms with Gasteiger partial charge >= 0.3 is 0 Å². The Balaban J connectivity index is 1.59. The van der Waals surface area contributed by atoms with Gasteiger partial charge in [0.15, 0.2) is 11.0 Å². The van der Waals surface area contributed by atoms with Crippen LogP contribution < -0.4 is 10.1 Å². The van der Waals surface area contributed by atoms with E-state index in [9.17, 15) is 4.79 Å². The Morgan fingerprint density at radius 1 is 1.10 bits per heavy atom. The summed E-state index contributed by atoms with van der Waals surface area (Å²) in [7, 11) is 1.91. The van der Waals surface area contributed by atoms with Gasteiger partial charge in [0.05, 0.1) is 12.4 Å². The minimum absolute atomic E-state index is 0.0665. The van der Waals surface area contributed by atoms with Gasteiger partial charge < -0.3 is 14.6 Å². The van der Waals surface area contributed by atoms with Crippen molar-refractivity contribution in [3.05, 3.63) is 53.6 Å². The van der Waals surface area contributed by atoms with Gasteiger partial charge in [-0.3, -0.25) is 4.79 Å². The molecule has 0 atom stereocenters. The van der Waals surface area contributed by atoms with Gasteiger partial charge in [-0.05, 0) is 67.8 Å². The number of hydrogen-bond donors (Lipinski definition) is 1. The van der Waals surface area contributed by atoms with E-state index in [1.807, 2.05) is 61.9 Å². The molecule has 0 aliphatic rings. The molecule has 2 aromatic carbocycles. The molecule has 0 unspecified atom stereocenters. The lowest BCUT2D eigenvalue weighted by Gasteiger charge is -2.08. The highest BCUT2D eigenvalue weighted by Crippen LogP contribution is 2.25. The monoisotopic (exact) mass is 424 g/mol. The lowest BCUT2D eigenvalue weighted by molar-refractivity contribution is -0.113. The third-order valence-corrected chi connectivity index (χ3v) is 5.57. The second-order valence-electron chi connectivity index (χ2n) is 7.30. The Morgan fingerprint density at radius 3 is 2.47 bits per heavy atom. The zero-order valence-corrected chi connectivity index (χ0v) is 18.8. The molecule has 0 bridgehead atoms. The molecule has 0 spiro atoms. The van der Waals surface area contributed by atoms with Gasteiger partial charge in [-0.2, -0.15) is 0 Å². The first-order valence-electron chi connectivity index (χ1n) is 10.1. The predicted molar refractivity (Wildman–Crippen MR) is 122 cm³/mol. The Morgan fingerprint density at radius 2 is 1.80 bits per heavy atom. The van der Waals surface area contributed by atoms with Gasteiger partial charge in [-0.15, -0.1) is 10.2 Å². The van der Waals surface area contributed by atoms with E-state index in [4.69, 9.17) is 4.74 Å². The van der Waals surface area contributed by atoms with E-state index in [1.54, 1.807) is 0 Å². The van der Waals surface area contributed by atoms with Gasteiger partial charge in [0, 0.05) is 18.3 Å². The van der Waals surface area contributed by atoms with Crippen molar-refractivity contribution < 1.29 is 9.53 Å². The number of ether oxygens (including phenoxy) is 1. The molecule has 3 rings (SSSR count). The number of amides is 1. The quantitative estimate of drug-likeness (QED) is 0.386. The molecule has 0 aliphatic carbocycles. The molecule has 0 aliphatic heterocycles. The van der Waals surface area contributed by atoms with Crippen LogP contribution in [-0.4, -0.2) is 33.0 Å². The Kier molecular flexibility index (Phi) is 7.52. The minimum atomic E-state index is -0.0665. The van der Waals surface area contributed by atoms with E-state index in [2.05, 4.69) is 28.5 Å². The van der Waals surface area contributed by atoms with Crippen molar-refractivity contribution in [2.45, 2.75) is 38.8 Å². The number of rotatable bonds is 9. The van der Waals surface area contributed by atoms with E-state index in [0.717, 1.165) is 53.4 Å². The molecular formula is C23H28N4O2S. The highest BCUT2D eigenvalue weighted by Gasteiger charge is 2.13. The lowest BCUT2D eigenvalue weighted by Crippen LogP contribution is -2.14. The fourth-order valence-corrected chi connectivity index (χ4v) is 3.81. The summed E-state index contributed by atoms with van der Waals surface area (Å²) in [6.07, 6.45) is 2.16. The fraction of sp³-hybridized carbons (Fsp3) is 0.348. The van der Waals surface area contributed by atoms with E-state index >= 15 is 0 Å². The molecular weight excluding hydrogens is 396 g/mol. The first-order chi connectivity index (χ1) is 14.5. The second kappa shape index (κ2) is 10.3. The Labute approximate surface area is 182 Å². The molecule has 30 heavy (non-hydrogen) atoms. The lowest BCUT2D eigenvalue weighted by atomic mass is 10.1. The molecule has 0 radical (unpaired) electrons. The molecule has 0 fully saturated rings. The summed E-state index contributed by atoms with van der Waals surface area (Å²) in [6, 6.07) is 13.9. The maximum absolute atomic E-state index is 12.3. The van der Waals surface area contributed by atoms with Crippen LogP contribution in [0, 0.1) is 13.8 Å². The normalized spacial score (nSPS) is 10.8. The van der Waals surface area contributed by atoms with Crippen molar-refractivity contribution in [2.24, 2.45) is 7.05 Å². The summed E-state index contributed by atoms with van der Waals surface area (Å²) in [5.74, 6) is 1.81. The first-order valence-corrected chi connectivity index (χ1v) is 11.1. The third kappa shape index (κ3) is 5.86. The van der Waals surface area contributed by atoms with E-state index in [0.29, 0.717) is 5.16 Å². The van der Waals surface area contributed by atoms with E-state index in [1.165, 1.54) is 11.8 Å². The van der Waals surface area contributed by atoms with Crippen LogP contribution in [0.4, 0.5) is 5.69 Å². The fourth-order valence-electron chi connectivity index (χ4n) is 3.10. The summed E-state index contributed by atoms with van der Waals surface area (Å²) < 4.78 is 7.61. The molecule has 6 nitrogen and oxygen atoms in total. The number of anilines is 1. The topological polar surface area (TPSA) is 69.0 Å². The first kappa shape index (κ1) is 21.9. The van der Waals surface area contributed by atoms with Crippen LogP contribution in [-0.2, 0) is 11.8 Å². The van der Waals surface area contributed by atoms with E-state index in [-0.39, 0.29) is 11.7 Å². The van der Waals surface area contributed by atoms with Gasteiger partial charge in [-0.25, -0.2) is 0 Å². The van der Waals surface area contributed by atoms with Gasteiger partial charge in [0.25, 0.3) is 0 Å². The number of hydrogen-bond acceptors (Lipinski definition) is 5. The summed E-state index contributed by atoms with van der Waals surface area (Å²) in [4.78, 5) is 12.3. The number of benzene rings is 2. The van der Waals surface area contributed by atoms with Crippen molar-refractivity contribution in [1.82, 2.24) is 14.8 Å². The molecule has 1 heterocycles. The summed E-state index contributed by atoms with van der Waals surface area (Å²) in [6.45, 7) is 6.90. The minimum Gasteiger partial charge on any atom is -0.494 e. The Hall–Kier alpha value is -2.80. The number of aromatic nitrogens is 3. The van der Waals surface area contributed by atoms with Crippen LogP contribution in [0.15, 0.2) is 47.6 Å². The summed E-state index contributed by atoms with van der Waals surface area (Å²) >= 11 is 1.37. The van der Waals surface area contributed by atoms with Crippen LogP contribution >= 0.6 is 11.8 Å². The average Bonchev–Trinajstić information content (AvgIpc) is 3.07. The van der Waals surface area contributed by atoms with Crippen molar-refractivity contribution >= 4 is 23.4 Å². The van der Waals surface area contributed by atoms with Gasteiger partial charge in [-0.1, -0.05) is 31.2 Å². The molecule has 0 saturated carbocycles. The molecule has 3 aromatic rings. The zero-order chi connectivity index (χ0) is 21.5. The third-order valence-electron chi connectivity index (χ3n) is 4.55. The number of thioether (sulfide) groups is 1. The average molecular weight is 425 g/mol. The smallest absolute Gasteiger partial charge is 0.234 e.